The van der Waals surface area contributed by atoms with E-state index in [0.717, 1.165) is 61.1 Å². The number of ether oxygens (including phenoxy) is 2. The van der Waals surface area contributed by atoms with Crippen LogP contribution >= 0.6 is 0 Å². The molecule has 3 aromatic rings. The molecule has 26 heavy (non-hydrogen) atoms. The molecule has 6 nitrogen and oxygen atoms in total. The maximum atomic E-state index is 6.26. The van der Waals surface area contributed by atoms with Crippen LogP contribution in [0.25, 0.3) is 22.3 Å². The lowest BCUT2D eigenvalue weighted by molar-refractivity contribution is -0.200. The van der Waals surface area contributed by atoms with Crippen LogP contribution in [0.3, 0.4) is 0 Å². The predicted molar refractivity (Wildman–Crippen MR) is 97.4 cm³/mol. The number of fused-ring (bicyclic) bond motifs is 1. The number of nitrogens with zero attached hydrogens (tertiary/aromatic N) is 4. The largest absolute Gasteiger partial charge is 0.353 e. The molecule has 1 saturated heterocycles. The van der Waals surface area contributed by atoms with Crippen molar-refractivity contribution >= 4 is 11.0 Å². The molecular formula is C20H22N4O2. The summed E-state index contributed by atoms with van der Waals surface area (Å²) in [6.07, 6.45) is 11.1. The van der Waals surface area contributed by atoms with E-state index >= 15 is 0 Å². The summed E-state index contributed by atoms with van der Waals surface area (Å²) in [4.78, 5) is 9.19. The Bertz CT molecular complexity index is 913. The first-order valence-corrected chi connectivity index (χ1v) is 9.34. The molecule has 0 bridgehead atoms. The monoisotopic (exact) mass is 350 g/mol. The highest BCUT2D eigenvalue weighted by Gasteiger charge is 2.47. The summed E-state index contributed by atoms with van der Waals surface area (Å²) in [5, 5.41) is 4.52. The Hall–Kier alpha value is -2.31. The molecule has 2 fully saturated rings. The van der Waals surface area contributed by atoms with E-state index in [2.05, 4.69) is 10.1 Å². The number of benzene rings is 1. The third-order valence-electron chi connectivity index (χ3n) is 5.15. The third kappa shape index (κ3) is 3.22. The second kappa shape index (κ2) is 6.45. The van der Waals surface area contributed by atoms with E-state index in [1.54, 1.807) is 0 Å². The van der Waals surface area contributed by atoms with E-state index in [1.165, 1.54) is 6.42 Å². The quantitative estimate of drug-likeness (QED) is 0.704. The summed E-state index contributed by atoms with van der Waals surface area (Å²) in [5.74, 6) is 0. The summed E-state index contributed by atoms with van der Waals surface area (Å²) < 4.78 is 14.0. The van der Waals surface area contributed by atoms with Crippen LogP contribution in [-0.2, 0) is 16.0 Å². The summed E-state index contributed by atoms with van der Waals surface area (Å²) in [7, 11) is 0. The minimum atomic E-state index is -0.111. The van der Waals surface area contributed by atoms with E-state index in [4.69, 9.17) is 14.5 Å². The highest BCUT2D eigenvalue weighted by molar-refractivity contribution is 5.76. The highest BCUT2D eigenvalue weighted by Crippen LogP contribution is 2.43. The molecule has 0 N–H and O–H groups in total. The van der Waals surface area contributed by atoms with Gasteiger partial charge in [0.2, 0.25) is 0 Å². The maximum absolute atomic E-state index is 6.26. The lowest BCUT2D eigenvalue weighted by atomic mass is 10.2. The molecule has 1 saturated carbocycles. The molecule has 1 atom stereocenters. The van der Waals surface area contributed by atoms with Gasteiger partial charge in [-0.2, -0.15) is 5.10 Å². The number of para-hydroxylation sites is 2. The average Bonchev–Trinajstić information content (AvgIpc) is 3.27. The molecule has 2 aromatic heterocycles. The minimum Gasteiger partial charge on any atom is -0.353 e. The van der Waals surface area contributed by atoms with Crippen molar-refractivity contribution in [2.45, 2.75) is 50.5 Å². The van der Waals surface area contributed by atoms with E-state index in [1.807, 2.05) is 47.5 Å². The van der Waals surface area contributed by atoms with E-state index < -0.39 is 0 Å². The molecule has 0 amide bonds. The lowest BCUT2D eigenvalue weighted by Gasteiger charge is -2.27. The van der Waals surface area contributed by atoms with Crippen molar-refractivity contribution < 1.29 is 9.47 Å². The van der Waals surface area contributed by atoms with Gasteiger partial charge in [0.1, 0.15) is 0 Å². The second-order valence-electron chi connectivity index (χ2n) is 7.27. The van der Waals surface area contributed by atoms with Gasteiger partial charge in [-0.15, -0.1) is 0 Å². The molecule has 5 rings (SSSR count). The van der Waals surface area contributed by atoms with Gasteiger partial charge >= 0.3 is 0 Å². The van der Waals surface area contributed by atoms with Gasteiger partial charge in [-0.1, -0.05) is 12.1 Å². The first-order chi connectivity index (χ1) is 12.8. The fourth-order valence-electron chi connectivity index (χ4n) is 3.51. The van der Waals surface area contributed by atoms with Gasteiger partial charge in [0.25, 0.3) is 0 Å². The molecule has 1 aromatic carbocycles. The summed E-state index contributed by atoms with van der Waals surface area (Å²) >= 11 is 0. The predicted octanol–water partition coefficient (Wildman–Crippen LogP) is 3.57. The molecule has 2 aliphatic rings. The zero-order valence-electron chi connectivity index (χ0n) is 14.7. The number of rotatable bonds is 5. The van der Waals surface area contributed by atoms with Gasteiger partial charge in [0.15, 0.2) is 6.29 Å². The second-order valence-corrected chi connectivity index (χ2v) is 7.27. The van der Waals surface area contributed by atoms with Crippen LogP contribution in [0, 0.1) is 0 Å². The van der Waals surface area contributed by atoms with Crippen molar-refractivity contribution in [2.24, 2.45) is 0 Å². The molecule has 3 heterocycles. The third-order valence-corrected chi connectivity index (χ3v) is 5.15. The zero-order valence-corrected chi connectivity index (χ0v) is 14.7. The van der Waals surface area contributed by atoms with Gasteiger partial charge < -0.3 is 9.47 Å². The van der Waals surface area contributed by atoms with Crippen LogP contribution in [-0.4, -0.2) is 38.2 Å². The molecule has 1 aliphatic carbocycles. The Morgan fingerprint density at radius 1 is 1.15 bits per heavy atom. The fourth-order valence-corrected chi connectivity index (χ4v) is 3.51. The number of hydrogen-bond donors (Lipinski definition) is 0. The van der Waals surface area contributed by atoms with Gasteiger partial charge in [-0.05, 0) is 44.2 Å². The van der Waals surface area contributed by atoms with Gasteiger partial charge in [-0.3, -0.25) is 9.67 Å². The Kier molecular flexibility index (Phi) is 3.94. The number of aromatic nitrogens is 4. The highest BCUT2D eigenvalue weighted by atomic mass is 16.7. The van der Waals surface area contributed by atoms with Crippen molar-refractivity contribution in [1.82, 2.24) is 19.7 Å². The van der Waals surface area contributed by atoms with Crippen molar-refractivity contribution in [3.63, 3.8) is 0 Å². The van der Waals surface area contributed by atoms with Crippen molar-refractivity contribution in [3.8, 4) is 11.3 Å². The van der Waals surface area contributed by atoms with Gasteiger partial charge in [0, 0.05) is 18.4 Å². The Morgan fingerprint density at radius 3 is 2.85 bits per heavy atom. The minimum absolute atomic E-state index is 0.0485. The SMILES string of the molecule is c1ccc2nc(-c3cnn(CC4(OC5CCCCO5)CC4)c3)cnc2c1. The average molecular weight is 350 g/mol. The van der Waals surface area contributed by atoms with Crippen molar-refractivity contribution in [1.29, 1.82) is 0 Å². The molecule has 1 aliphatic heterocycles. The fraction of sp³-hybridized carbons (Fsp3) is 0.450. The van der Waals surface area contributed by atoms with Crippen LogP contribution in [0.1, 0.15) is 32.1 Å². The Morgan fingerprint density at radius 2 is 2.04 bits per heavy atom. The summed E-state index contributed by atoms with van der Waals surface area (Å²) in [6, 6.07) is 7.90. The first kappa shape index (κ1) is 15.9. The van der Waals surface area contributed by atoms with Crippen LogP contribution in [0.4, 0.5) is 0 Å². The molecule has 1 unspecified atom stereocenters. The van der Waals surface area contributed by atoms with Crippen molar-refractivity contribution in [3.05, 3.63) is 42.9 Å². The number of hydrogen-bond acceptors (Lipinski definition) is 5. The van der Waals surface area contributed by atoms with Crippen molar-refractivity contribution in [2.75, 3.05) is 6.61 Å². The van der Waals surface area contributed by atoms with E-state index in [-0.39, 0.29) is 11.9 Å². The molecular weight excluding hydrogens is 328 g/mol. The van der Waals surface area contributed by atoms with Crippen LogP contribution in [0.2, 0.25) is 0 Å². The smallest absolute Gasteiger partial charge is 0.158 e. The van der Waals surface area contributed by atoms with Crippen LogP contribution in [0.5, 0.6) is 0 Å². The van der Waals surface area contributed by atoms with E-state index in [9.17, 15) is 0 Å². The van der Waals surface area contributed by atoms with Crippen LogP contribution in [0.15, 0.2) is 42.9 Å². The normalized spacial score (nSPS) is 21.8. The summed E-state index contributed by atoms with van der Waals surface area (Å²) in [6.45, 7) is 1.57. The van der Waals surface area contributed by atoms with E-state index in [0.29, 0.717) is 0 Å². The van der Waals surface area contributed by atoms with Crippen LogP contribution < -0.4 is 0 Å². The molecule has 134 valence electrons. The Balaban J connectivity index is 1.31. The van der Waals surface area contributed by atoms with Gasteiger partial charge in [-0.25, -0.2) is 4.98 Å². The van der Waals surface area contributed by atoms with Gasteiger partial charge in [0.05, 0.1) is 41.3 Å². The molecule has 0 spiro atoms. The topological polar surface area (TPSA) is 62.1 Å². The first-order valence-electron chi connectivity index (χ1n) is 9.34. The standard InChI is InChI=1S/C20H22N4O2/c1-2-6-17-16(5-1)21-12-18(23-17)15-11-22-24(13-15)14-20(8-9-20)26-19-7-3-4-10-25-19/h1-2,5-6,11-13,19H,3-4,7-10,14H2. The molecule has 6 heteroatoms. The Labute approximate surface area is 152 Å². The molecule has 0 radical (unpaired) electrons. The lowest BCUT2D eigenvalue weighted by Crippen LogP contribution is -2.32. The maximum Gasteiger partial charge on any atom is 0.158 e. The summed E-state index contributed by atoms with van der Waals surface area (Å²) in [5.41, 5.74) is 3.51. The zero-order chi connectivity index (χ0) is 17.4.